The molecule has 3 amide bonds. The first-order valence-corrected chi connectivity index (χ1v) is 9.80. The van der Waals surface area contributed by atoms with Gasteiger partial charge in [-0.1, -0.05) is 37.1 Å². The minimum atomic E-state index is -0.740. The molecule has 0 radical (unpaired) electrons. The van der Waals surface area contributed by atoms with Crippen molar-refractivity contribution >= 4 is 17.6 Å². The van der Waals surface area contributed by atoms with Gasteiger partial charge >= 0.3 is 6.03 Å². The van der Waals surface area contributed by atoms with Crippen LogP contribution in [0.4, 0.5) is 14.9 Å². The monoisotopic (exact) mass is 399 g/mol. The van der Waals surface area contributed by atoms with E-state index >= 15 is 0 Å². The molecule has 0 aromatic heterocycles. The quantitative estimate of drug-likeness (QED) is 0.794. The third-order valence-electron chi connectivity index (χ3n) is 5.09. The van der Waals surface area contributed by atoms with Crippen LogP contribution in [0.15, 0.2) is 48.5 Å². The Bertz CT molecular complexity index is 841. The van der Waals surface area contributed by atoms with Crippen LogP contribution in [0, 0.1) is 5.82 Å². The van der Waals surface area contributed by atoms with Gasteiger partial charge in [-0.25, -0.2) is 9.18 Å². The lowest BCUT2D eigenvalue weighted by Gasteiger charge is -2.29. The van der Waals surface area contributed by atoms with Crippen LogP contribution in [0.3, 0.4) is 0 Å². The molecule has 3 rings (SSSR count). The molecular formula is C22H26FN3O3. The van der Waals surface area contributed by atoms with Gasteiger partial charge in [0.1, 0.15) is 11.6 Å². The van der Waals surface area contributed by atoms with Crippen molar-refractivity contribution in [2.45, 2.75) is 31.7 Å². The van der Waals surface area contributed by atoms with E-state index in [9.17, 15) is 14.0 Å². The Kier molecular flexibility index (Phi) is 7.19. The lowest BCUT2D eigenvalue weighted by atomic mass is 10.0. The van der Waals surface area contributed by atoms with Crippen molar-refractivity contribution in [1.29, 1.82) is 0 Å². The largest absolute Gasteiger partial charge is 0.497 e. The van der Waals surface area contributed by atoms with Gasteiger partial charge in [-0.2, -0.15) is 0 Å². The second-order valence-electron chi connectivity index (χ2n) is 7.09. The summed E-state index contributed by atoms with van der Waals surface area (Å²) in [5.74, 6) is -0.182. The molecular weight excluding hydrogens is 373 g/mol. The standard InChI is InChI=1S/C22H26FN3O3/c1-29-17-12-10-16(11-13-17)20-9-3-2-6-14-26(20)15-21(27)25-22(28)24-19-8-5-4-7-18(19)23/h4-5,7-8,10-13,20H,2-3,6,9,14-15H2,1H3,(H2,24,25,27,28)/t20-/m0/s1. The Morgan fingerprint density at radius 2 is 1.86 bits per heavy atom. The molecule has 1 heterocycles. The number of para-hydroxylation sites is 1. The average molecular weight is 399 g/mol. The number of likely N-dealkylation sites (tertiary alicyclic amines) is 1. The predicted molar refractivity (Wildman–Crippen MR) is 109 cm³/mol. The number of anilines is 1. The Labute approximate surface area is 170 Å². The number of hydrogen-bond acceptors (Lipinski definition) is 4. The number of benzene rings is 2. The lowest BCUT2D eigenvalue weighted by molar-refractivity contribution is -0.121. The molecule has 29 heavy (non-hydrogen) atoms. The number of amides is 3. The van der Waals surface area contributed by atoms with E-state index in [4.69, 9.17) is 4.74 Å². The number of hydrogen-bond donors (Lipinski definition) is 2. The minimum absolute atomic E-state index is 0.0312. The van der Waals surface area contributed by atoms with Gasteiger partial charge in [0, 0.05) is 6.04 Å². The van der Waals surface area contributed by atoms with Gasteiger partial charge < -0.3 is 10.1 Å². The number of imide groups is 1. The molecule has 0 aliphatic carbocycles. The minimum Gasteiger partial charge on any atom is -0.497 e. The number of nitrogens with zero attached hydrogens (tertiary/aromatic N) is 1. The molecule has 1 aliphatic rings. The average Bonchev–Trinajstić information content (AvgIpc) is 2.95. The molecule has 1 saturated heterocycles. The van der Waals surface area contributed by atoms with Crippen LogP contribution in [0.5, 0.6) is 5.75 Å². The molecule has 0 spiro atoms. The molecule has 1 fully saturated rings. The number of nitrogens with one attached hydrogen (secondary N) is 2. The molecule has 0 saturated carbocycles. The van der Waals surface area contributed by atoms with Crippen molar-refractivity contribution in [2.24, 2.45) is 0 Å². The number of carbonyl (C=O) groups is 2. The summed E-state index contributed by atoms with van der Waals surface area (Å²) in [5.41, 5.74) is 1.15. The molecule has 154 valence electrons. The lowest BCUT2D eigenvalue weighted by Crippen LogP contribution is -2.43. The Hall–Kier alpha value is -2.93. The summed E-state index contributed by atoms with van der Waals surface area (Å²) in [7, 11) is 1.63. The van der Waals surface area contributed by atoms with Crippen molar-refractivity contribution in [3.63, 3.8) is 0 Å². The van der Waals surface area contributed by atoms with Gasteiger partial charge in [-0.05, 0) is 49.2 Å². The molecule has 2 N–H and O–H groups in total. The molecule has 2 aromatic rings. The van der Waals surface area contributed by atoms with Crippen LogP contribution in [-0.2, 0) is 4.79 Å². The van der Waals surface area contributed by atoms with Crippen molar-refractivity contribution in [1.82, 2.24) is 10.2 Å². The number of rotatable bonds is 5. The van der Waals surface area contributed by atoms with Gasteiger partial charge in [0.15, 0.2) is 0 Å². The van der Waals surface area contributed by atoms with E-state index in [1.807, 2.05) is 24.3 Å². The highest BCUT2D eigenvalue weighted by Gasteiger charge is 2.25. The van der Waals surface area contributed by atoms with Crippen molar-refractivity contribution in [3.05, 3.63) is 59.9 Å². The van der Waals surface area contributed by atoms with E-state index in [2.05, 4.69) is 15.5 Å². The fourth-order valence-corrected chi connectivity index (χ4v) is 3.63. The number of methoxy groups -OCH3 is 1. The maximum atomic E-state index is 13.7. The third-order valence-corrected chi connectivity index (χ3v) is 5.09. The van der Waals surface area contributed by atoms with Crippen LogP contribution in [0.1, 0.15) is 37.3 Å². The fraction of sp³-hybridized carbons (Fsp3) is 0.364. The van der Waals surface area contributed by atoms with Gasteiger partial charge in [0.05, 0.1) is 19.3 Å². The molecule has 6 nitrogen and oxygen atoms in total. The first kappa shape index (κ1) is 20.8. The highest BCUT2D eigenvalue weighted by atomic mass is 19.1. The smallest absolute Gasteiger partial charge is 0.326 e. The maximum Gasteiger partial charge on any atom is 0.326 e. The number of urea groups is 1. The number of halogens is 1. The molecule has 0 unspecified atom stereocenters. The summed E-state index contributed by atoms with van der Waals surface area (Å²) in [6, 6.07) is 13.1. The maximum absolute atomic E-state index is 13.7. The summed E-state index contributed by atoms with van der Waals surface area (Å²) < 4.78 is 18.9. The molecule has 1 atom stereocenters. The zero-order chi connectivity index (χ0) is 20.6. The van der Waals surface area contributed by atoms with Crippen molar-refractivity contribution in [3.8, 4) is 5.75 Å². The van der Waals surface area contributed by atoms with Crippen LogP contribution in [0.2, 0.25) is 0 Å². The summed E-state index contributed by atoms with van der Waals surface area (Å²) in [6.45, 7) is 0.875. The molecule has 2 aromatic carbocycles. The SMILES string of the molecule is COc1ccc([C@@H]2CCCCCN2CC(=O)NC(=O)Nc2ccccc2F)cc1. The van der Waals surface area contributed by atoms with Crippen LogP contribution in [0.25, 0.3) is 0 Å². The summed E-state index contributed by atoms with van der Waals surface area (Å²) >= 11 is 0. The first-order valence-electron chi connectivity index (χ1n) is 9.80. The van der Waals surface area contributed by atoms with Gasteiger partial charge in [0.2, 0.25) is 5.91 Å². The van der Waals surface area contributed by atoms with Crippen molar-refractivity contribution in [2.75, 3.05) is 25.5 Å². The van der Waals surface area contributed by atoms with E-state index in [0.717, 1.165) is 43.5 Å². The van der Waals surface area contributed by atoms with Gasteiger partial charge in [-0.3, -0.25) is 15.0 Å². The Morgan fingerprint density at radius 1 is 1.10 bits per heavy atom. The second-order valence-corrected chi connectivity index (χ2v) is 7.09. The van der Waals surface area contributed by atoms with Gasteiger partial charge in [-0.15, -0.1) is 0 Å². The van der Waals surface area contributed by atoms with Crippen LogP contribution >= 0.6 is 0 Å². The highest BCUT2D eigenvalue weighted by molar-refractivity contribution is 6.01. The number of carbonyl (C=O) groups excluding carboxylic acids is 2. The summed E-state index contributed by atoms with van der Waals surface area (Å²) in [5, 5.41) is 4.66. The van der Waals surface area contributed by atoms with E-state index in [0.29, 0.717) is 0 Å². The molecule has 1 aliphatic heterocycles. The van der Waals surface area contributed by atoms with E-state index in [1.54, 1.807) is 13.2 Å². The first-order chi connectivity index (χ1) is 14.1. The molecule has 7 heteroatoms. The van der Waals surface area contributed by atoms with Gasteiger partial charge in [0.25, 0.3) is 0 Å². The third kappa shape index (κ3) is 5.77. The van der Waals surface area contributed by atoms with Crippen molar-refractivity contribution < 1.29 is 18.7 Å². The fourth-order valence-electron chi connectivity index (χ4n) is 3.63. The summed E-state index contributed by atoms with van der Waals surface area (Å²) in [4.78, 5) is 26.6. The van der Waals surface area contributed by atoms with E-state index in [-0.39, 0.29) is 18.3 Å². The number of ether oxygens (including phenoxy) is 1. The van der Waals surface area contributed by atoms with E-state index < -0.39 is 17.8 Å². The zero-order valence-electron chi connectivity index (χ0n) is 16.5. The molecule has 0 bridgehead atoms. The van der Waals surface area contributed by atoms with E-state index in [1.165, 1.54) is 18.2 Å². The Morgan fingerprint density at radius 3 is 2.59 bits per heavy atom. The van der Waals surface area contributed by atoms with Crippen LogP contribution in [-0.4, -0.2) is 37.0 Å². The zero-order valence-corrected chi connectivity index (χ0v) is 16.5. The topological polar surface area (TPSA) is 70.7 Å². The normalized spacial score (nSPS) is 17.2. The van der Waals surface area contributed by atoms with Crippen LogP contribution < -0.4 is 15.4 Å². The predicted octanol–water partition coefficient (Wildman–Crippen LogP) is 4.10. The highest BCUT2D eigenvalue weighted by Crippen LogP contribution is 2.30. The Balaban J connectivity index is 1.62. The second kappa shape index (κ2) is 10.0. The summed E-state index contributed by atoms with van der Waals surface area (Å²) in [6.07, 6.45) is 4.14.